The second-order valence-electron chi connectivity index (χ2n) is 7.09. The Kier molecular flexibility index (Phi) is 5.44. The molecule has 150 valence electrons. The average Bonchev–Trinajstić information content (AvgIpc) is 2.76. The van der Waals surface area contributed by atoms with E-state index >= 15 is 0 Å². The molecular formula is C25H21FN2O2. The summed E-state index contributed by atoms with van der Waals surface area (Å²) in [6.07, 6.45) is 0.590. The fourth-order valence-electron chi connectivity index (χ4n) is 3.59. The summed E-state index contributed by atoms with van der Waals surface area (Å²) in [5.41, 5.74) is 2.70. The molecule has 4 rings (SSSR count). The van der Waals surface area contributed by atoms with Crippen molar-refractivity contribution in [1.29, 1.82) is 0 Å². The highest BCUT2D eigenvalue weighted by molar-refractivity contribution is 5.68. The monoisotopic (exact) mass is 400 g/mol. The van der Waals surface area contributed by atoms with Gasteiger partial charge in [-0.2, -0.15) is 0 Å². The number of halogens is 1. The van der Waals surface area contributed by atoms with Crippen molar-refractivity contribution in [3.63, 3.8) is 0 Å². The van der Waals surface area contributed by atoms with E-state index in [0.717, 1.165) is 11.1 Å². The topological polar surface area (TPSA) is 55.1 Å². The molecule has 1 N–H and O–H groups in total. The van der Waals surface area contributed by atoms with E-state index in [-0.39, 0.29) is 16.9 Å². The van der Waals surface area contributed by atoms with Crippen molar-refractivity contribution >= 4 is 0 Å². The highest BCUT2D eigenvalue weighted by atomic mass is 19.1. The molecule has 0 bridgehead atoms. The van der Waals surface area contributed by atoms with Crippen LogP contribution in [-0.2, 0) is 13.0 Å². The summed E-state index contributed by atoms with van der Waals surface area (Å²) < 4.78 is 16.2. The molecule has 0 radical (unpaired) electrons. The molecule has 0 aliphatic carbocycles. The molecule has 0 fully saturated rings. The Hall–Kier alpha value is -3.73. The van der Waals surface area contributed by atoms with Gasteiger partial charge in [0, 0.05) is 6.54 Å². The van der Waals surface area contributed by atoms with Gasteiger partial charge < -0.3 is 5.11 Å². The summed E-state index contributed by atoms with van der Waals surface area (Å²) in [5, 5.41) is 9.84. The van der Waals surface area contributed by atoms with Crippen molar-refractivity contribution in [2.75, 3.05) is 0 Å². The van der Waals surface area contributed by atoms with Gasteiger partial charge in [-0.25, -0.2) is 9.37 Å². The Bertz CT molecular complexity index is 1240. The van der Waals surface area contributed by atoms with Gasteiger partial charge >= 0.3 is 0 Å². The number of aryl methyl sites for hydroxylation is 2. The smallest absolute Gasteiger partial charge is 0.261 e. The fourth-order valence-corrected chi connectivity index (χ4v) is 3.59. The number of phenolic OH excluding ortho intramolecular Hbond substituents is 1. The number of phenols is 1. The first-order valence-electron chi connectivity index (χ1n) is 9.75. The predicted molar refractivity (Wildman–Crippen MR) is 116 cm³/mol. The number of aromatic nitrogens is 2. The predicted octanol–water partition coefficient (Wildman–Crippen LogP) is 4.97. The minimum atomic E-state index is -0.787. The first-order valence-corrected chi connectivity index (χ1v) is 9.75. The molecule has 0 saturated heterocycles. The molecule has 5 heteroatoms. The molecule has 4 nitrogen and oxygen atoms in total. The Morgan fingerprint density at radius 1 is 0.933 bits per heavy atom. The van der Waals surface area contributed by atoms with Crippen LogP contribution in [0.4, 0.5) is 4.39 Å². The van der Waals surface area contributed by atoms with E-state index in [1.165, 1.54) is 16.7 Å². The number of aromatic hydroxyl groups is 1. The summed E-state index contributed by atoms with van der Waals surface area (Å²) in [7, 11) is 0. The largest absolute Gasteiger partial charge is 0.505 e. The molecule has 1 aromatic heterocycles. The Morgan fingerprint density at radius 2 is 1.60 bits per heavy atom. The number of hydrogen-bond donors (Lipinski definition) is 1. The molecule has 1 heterocycles. The van der Waals surface area contributed by atoms with E-state index in [2.05, 4.69) is 4.98 Å². The Morgan fingerprint density at radius 3 is 2.30 bits per heavy atom. The van der Waals surface area contributed by atoms with Crippen molar-refractivity contribution in [2.24, 2.45) is 0 Å². The zero-order valence-electron chi connectivity index (χ0n) is 16.5. The van der Waals surface area contributed by atoms with E-state index in [9.17, 15) is 14.3 Å². The summed E-state index contributed by atoms with van der Waals surface area (Å²) in [6.45, 7) is 2.08. The lowest BCUT2D eigenvalue weighted by molar-refractivity contribution is 0.433. The first kappa shape index (κ1) is 19.6. The van der Waals surface area contributed by atoms with Gasteiger partial charge in [-0.1, -0.05) is 66.7 Å². The van der Waals surface area contributed by atoms with Crippen molar-refractivity contribution in [3.8, 4) is 28.3 Å². The van der Waals surface area contributed by atoms with E-state index in [0.29, 0.717) is 24.2 Å². The normalized spacial score (nSPS) is 10.9. The lowest BCUT2D eigenvalue weighted by atomic mass is 10.0. The van der Waals surface area contributed by atoms with Crippen LogP contribution in [0.1, 0.15) is 11.3 Å². The van der Waals surface area contributed by atoms with Gasteiger partial charge in [0.15, 0.2) is 11.6 Å². The zero-order valence-corrected chi connectivity index (χ0v) is 16.5. The number of benzene rings is 3. The van der Waals surface area contributed by atoms with Crippen molar-refractivity contribution in [3.05, 3.63) is 106 Å². The number of rotatable bonds is 5. The maximum Gasteiger partial charge on any atom is 0.261 e. The van der Waals surface area contributed by atoms with Crippen LogP contribution < -0.4 is 5.56 Å². The first-order chi connectivity index (χ1) is 14.6. The third-order valence-corrected chi connectivity index (χ3v) is 5.10. The Balaban J connectivity index is 1.91. The number of hydrogen-bond acceptors (Lipinski definition) is 3. The third kappa shape index (κ3) is 3.74. The standard InChI is InChI=1S/C25H21FN2O2/c1-17-22(19-11-6-3-7-12-19)25(30)28(16-15-18-9-4-2-5-10-18)24(27-17)20-13-8-14-21(29)23(20)26/h2-14,29H,15-16H2,1H3. The average molecular weight is 400 g/mol. The summed E-state index contributed by atoms with van der Waals surface area (Å²) >= 11 is 0. The molecule has 0 aliphatic rings. The summed E-state index contributed by atoms with van der Waals surface area (Å²) in [6, 6.07) is 23.5. The van der Waals surface area contributed by atoms with Gasteiger partial charge in [-0.15, -0.1) is 0 Å². The molecule has 0 saturated carbocycles. The highest BCUT2D eigenvalue weighted by Crippen LogP contribution is 2.28. The summed E-state index contributed by atoms with van der Waals surface area (Å²) in [4.78, 5) is 18.1. The molecule has 3 aromatic carbocycles. The maximum absolute atomic E-state index is 14.7. The quantitative estimate of drug-likeness (QED) is 0.514. The van der Waals surface area contributed by atoms with Crippen LogP contribution >= 0.6 is 0 Å². The lowest BCUT2D eigenvalue weighted by Crippen LogP contribution is -2.27. The van der Waals surface area contributed by atoms with Crippen LogP contribution in [0.25, 0.3) is 22.5 Å². The minimum Gasteiger partial charge on any atom is -0.505 e. The van der Waals surface area contributed by atoms with E-state index in [4.69, 9.17) is 0 Å². The van der Waals surface area contributed by atoms with Gasteiger partial charge in [-0.05, 0) is 36.6 Å². The van der Waals surface area contributed by atoms with E-state index < -0.39 is 11.6 Å². The van der Waals surface area contributed by atoms with Gasteiger partial charge in [-0.3, -0.25) is 9.36 Å². The highest BCUT2D eigenvalue weighted by Gasteiger charge is 2.20. The SMILES string of the molecule is Cc1nc(-c2cccc(O)c2F)n(CCc2ccccc2)c(=O)c1-c1ccccc1. The minimum absolute atomic E-state index is 0.0999. The van der Waals surface area contributed by atoms with Crippen LogP contribution in [-0.4, -0.2) is 14.7 Å². The van der Waals surface area contributed by atoms with Gasteiger partial charge in [0.25, 0.3) is 5.56 Å². The Labute approximate surface area is 173 Å². The molecule has 0 aliphatic heterocycles. The van der Waals surface area contributed by atoms with Crippen LogP contribution in [0.15, 0.2) is 83.7 Å². The lowest BCUT2D eigenvalue weighted by Gasteiger charge is -2.17. The second kappa shape index (κ2) is 8.33. The van der Waals surface area contributed by atoms with Crippen molar-refractivity contribution < 1.29 is 9.50 Å². The van der Waals surface area contributed by atoms with Crippen molar-refractivity contribution in [1.82, 2.24) is 9.55 Å². The third-order valence-electron chi connectivity index (χ3n) is 5.10. The van der Waals surface area contributed by atoms with Gasteiger partial charge in [0.1, 0.15) is 5.82 Å². The van der Waals surface area contributed by atoms with Crippen LogP contribution in [0, 0.1) is 12.7 Å². The van der Waals surface area contributed by atoms with Crippen LogP contribution in [0.3, 0.4) is 0 Å². The van der Waals surface area contributed by atoms with E-state index in [1.54, 1.807) is 13.0 Å². The molecule has 0 unspecified atom stereocenters. The van der Waals surface area contributed by atoms with Crippen LogP contribution in [0.5, 0.6) is 5.75 Å². The van der Waals surface area contributed by atoms with Gasteiger partial charge in [0.2, 0.25) is 0 Å². The molecule has 0 amide bonds. The van der Waals surface area contributed by atoms with Crippen LogP contribution in [0.2, 0.25) is 0 Å². The number of nitrogens with zero attached hydrogens (tertiary/aromatic N) is 2. The molecular weight excluding hydrogens is 379 g/mol. The maximum atomic E-state index is 14.7. The zero-order chi connectivity index (χ0) is 21.1. The van der Waals surface area contributed by atoms with E-state index in [1.807, 2.05) is 60.7 Å². The summed E-state index contributed by atoms with van der Waals surface area (Å²) in [5.74, 6) is -1.05. The fraction of sp³-hybridized carbons (Fsp3) is 0.120. The second-order valence-corrected chi connectivity index (χ2v) is 7.09. The van der Waals surface area contributed by atoms with Crippen molar-refractivity contribution in [2.45, 2.75) is 19.9 Å². The molecule has 30 heavy (non-hydrogen) atoms. The molecule has 0 spiro atoms. The van der Waals surface area contributed by atoms with Gasteiger partial charge in [0.05, 0.1) is 16.8 Å². The molecule has 4 aromatic rings. The molecule has 0 atom stereocenters.